The molecule has 0 saturated heterocycles. The molecule has 5 heteroatoms. The molecule has 0 spiro atoms. The SMILES string of the molecule is CCOC(C(NN)c1sccc1Br)C(C)(C)C. The summed E-state index contributed by atoms with van der Waals surface area (Å²) in [6, 6.07) is 2.04. The summed E-state index contributed by atoms with van der Waals surface area (Å²) >= 11 is 5.24. The largest absolute Gasteiger partial charge is 0.376 e. The van der Waals surface area contributed by atoms with Gasteiger partial charge in [0.1, 0.15) is 0 Å². The second kappa shape index (κ2) is 6.29. The molecular weight excluding hydrogens is 300 g/mol. The summed E-state index contributed by atoms with van der Waals surface area (Å²) in [4.78, 5) is 1.18. The lowest BCUT2D eigenvalue weighted by molar-refractivity contribution is -0.0360. The minimum Gasteiger partial charge on any atom is -0.376 e. The highest BCUT2D eigenvalue weighted by molar-refractivity contribution is 9.10. The predicted molar refractivity (Wildman–Crippen MR) is 77.0 cm³/mol. The summed E-state index contributed by atoms with van der Waals surface area (Å²) in [6.07, 6.45) is 0.0347. The van der Waals surface area contributed by atoms with Gasteiger partial charge in [0, 0.05) is 16.0 Å². The maximum absolute atomic E-state index is 5.88. The third kappa shape index (κ3) is 3.76. The number of hydrazine groups is 1. The van der Waals surface area contributed by atoms with E-state index in [9.17, 15) is 0 Å². The molecule has 1 heterocycles. The molecule has 3 N–H and O–H groups in total. The lowest BCUT2D eigenvalue weighted by Gasteiger charge is -2.36. The van der Waals surface area contributed by atoms with Crippen LogP contribution in [0.25, 0.3) is 0 Å². The van der Waals surface area contributed by atoms with Crippen molar-refractivity contribution in [2.24, 2.45) is 11.3 Å². The van der Waals surface area contributed by atoms with Crippen LogP contribution < -0.4 is 11.3 Å². The molecule has 17 heavy (non-hydrogen) atoms. The van der Waals surface area contributed by atoms with Gasteiger partial charge in [0.25, 0.3) is 0 Å². The summed E-state index contributed by atoms with van der Waals surface area (Å²) in [5, 5.41) is 2.05. The topological polar surface area (TPSA) is 47.3 Å². The van der Waals surface area contributed by atoms with Gasteiger partial charge in [-0.15, -0.1) is 11.3 Å². The number of nitrogens with one attached hydrogen (secondary N) is 1. The molecule has 0 fully saturated rings. The van der Waals surface area contributed by atoms with Gasteiger partial charge < -0.3 is 4.74 Å². The van der Waals surface area contributed by atoms with Gasteiger partial charge in [0.05, 0.1) is 12.1 Å². The van der Waals surface area contributed by atoms with Gasteiger partial charge in [-0.05, 0) is 39.7 Å². The molecule has 0 aliphatic carbocycles. The lowest BCUT2D eigenvalue weighted by atomic mass is 9.84. The number of thiophene rings is 1. The van der Waals surface area contributed by atoms with E-state index in [1.54, 1.807) is 11.3 Å². The molecule has 1 aromatic heterocycles. The molecule has 0 aromatic carbocycles. The van der Waals surface area contributed by atoms with Crippen LogP contribution in [0.4, 0.5) is 0 Å². The van der Waals surface area contributed by atoms with E-state index >= 15 is 0 Å². The Bertz CT molecular complexity index is 349. The summed E-state index contributed by atoms with van der Waals surface area (Å²) in [5.41, 5.74) is 2.92. The van der Waals surface area contributed by atoms with Crippen molar-refractivity contribution < 1.29 is 4.74 Å². The highest BCUT2D eigenvalue weighted by atomic mass is 79.9. The molecule has 0 aliphatic heterocycles. The molecule has 0 aliphatic rings. The zero-order valence-electron chi connectivity index (χ0n) is 10.8. The van der Waals surface area contributed by atoms with Gasteiger partial charge >= 0.3 is 0 Å². The van der Waals surface area contributed by atoms with E-state index in [0.29, 0.717) is 6.61 Å². The van der Waals surface area contributed by atoms with Crippen molar-refractivity contribution in [2.75, 3.05) is 6.61 Å². The third-order valence-corrected chi connectivity index (χ3v) is 4.56. The van der Waals surface area contributed by atoms with Crippen molar-refractivity contribution in [3.05, 3.63) is 20.8 Å². The molecule has 3 nitrogen and oxygen atoms in total. The average Bonchev–Trinajstić information content (AvgIpc) is 2.63. The van der Waals surface area contributed by atoms with Gasteiger partial charge in [0.2, 0.25) is 0 Å². The van der Waals surface area contributed by atoms with Crippen molar-refractivity contribution in [3.8, 4) is 0 Å². The van der Waals surface area contributed by atoms with Crippen molar-refractivity contribution in [1.29, 1.82) is 0 Å². The first kappa shape index (κ1) is 15.1. The second-order valence-electron chi connectivity index (χ2n) is 5.02. The van der Waals surface area contributed by atoms with Gasteiger partial charge in [-0.25, -0.2) is 5.43 Å². The summed E-state index contributed by atoms with van der Waals surface area (Å²) in [7, 11) is 0. The number of halogens is 1. The van der Waals surface area contributed by atoms with Crippen molar-refractivity contribution in [2.45, 2.75) is 39.8 Å². The highest BCUT2D eigenvalue weighted by Crippen LogP contribution is 2.37. The zero-order valence-corrected chi connectivity index (χ0v) is 13.2. The number of ether oxygens (including phenoxy) is 1. The van der Waals surface area contributed by atoms with E-state index in [1.165, 1.54) is 4.88 Å². The number of rotatable bonds is 5. The van der Waals surface area contributed by atoms with E-state index in [2.05, 4.69) is 47.5 Å². The molecule has 98 valence electrons. The van der Waals surface area contributed by atoms with Crippen LogP contribution in [0.5, 0.6) is 0 Å². The molecule has 0 amide bonds. The maximum Gasteiger partial charge on any atom is 0.0839 e. The normalized spacial score (nSPS) is 15.9. The minimum atomic E-state index is 0.00400. The van der Waals surface area contributed by atoms with Crippen LogP contribution in [0.3, 0.4) is 0 Å². The zero-order chi connectivity index (χ0) is 13.1. The monoisotopic (exact) mass is 320 g/mol. The fraction of sp³-hybridized carbons (Fsp3) is 0.667. The van der Waals surface area contributed by atoms with Gasteiger partial charge in [-0.2, -0.15) is 0 Å². The predicted octanol–water partition coefficient (Wildman–Crippen LogP) is 3.47. The lowest BCUT2D eigenvalue weighted by Crippen LogP contribution is -2.44. The van der Waals surface area contributed by atoms with Crippen LogP contribution in [0.2, 0.25) is 0 Å². The molecule has 1 rings (SSSR count). The van der Waals surface area contributed by atoms with Crippen LogP contribution in [0.15, 0.2) is 15.9 Å². The Kier molecular flexibility index (Phi) is 5.60. The van der Waals surface area contributed by atoms with Crippen LogP contribution in [0, 0.1) is 5.41 Å². The minimum absolute atomic E-state index is 0.00400. The Balaban J connectivity index is 3.02. The second-order valence-corrected chi connectivity index (χ2v) is 6.82. The molecule has 1 aromatic rings. The highest BCUT2D eigenvalue weighted by Gasteiger charge is 2.34. The van der Waals surface area contributed by atoms with Crippen LogP contribution in [-0.2, 0) is 4.74 Å². The van der Waals surface area contributed by atoms with E-state index in [4.69, 9.17) is 10.6 Å². The Labute approximate surface area is 116 Å². The number of nitrogens with two attached hydrogens (primary N) is 1. The van der Waals surface area contributed by atoms with E-state index in [0.717, 1.165) is 4.47 Å². The van der Waals surface area contributed by atoms with Crippen molar-refractivity contribution >= 4 is 27.3 Å². The first-order valence-corrected chi connectivity index (χ1v) is 7.39. The van der Waals surface area contributed by atoms with E-state index in [-0.39, 0.29) is 17.6 Å². The fourth-order valence-electron chi connectivity index (χ4n) is 1.85. The Morgan fingerprint density at radius 3 is 2.53 bits per heavy atom. The maximum atomic E-state index is 5.88. The first-order chi connectivity index (χ1) is 7.91. The van der Waals surface area contributed by atoms with Gasteiger partial charge in [-0.3, -0.25) is 5.84 Å². The molecule has 2 atom stereocenters. The van der Waals surface area contributed by atoms with Crippen molar-refractivity contribution in [3.63, 3.8) is 0 Å². The van der Waals surface area contributed by atoms with Crippen LogP contribution in [0.1, 0.15) is 38.6 Å². The standard InChI is InChI=1S/C12H21BrN2OS/c1-5-16-11(12(2,3)4)9(15-14)10-8(13)6-7-17-10/h6-7,9,11,15H,5,14H2,1-4H3. The first-order valence-electron chi connectivity index (χ1n) is 5.72. The third-order valence-electron chi connectivity index (χ3n) is 2.61. The van der Waals surface area contributed by atoms with Crippen molar-refractivity contribution in [1.82, 2.24) is 5.43 Å². The Morgan fingerprint density at radius 1 is 1.53 bits per heavy atom. The van der Waals surface area contributed by atoms with E-state index in [1.807, 2.05) is 13.0 Å². The molecule has 2 unspecified atom stereocenters. The van der Waals surface area contributed by atoms with Gasteiger partial charge in [-0.1, -0.05) is 20.8 Å². The summed E-state index contributed by atoms with van der Waals surface area (Å²) < 4.78 is 6.96. The Morgan fingerprint density at radius 2 is 2.18 bits per heavy atom. The summed E-state index contributed by atoms with van der Waals surface area (Å²) in [6.45, 7) is 9.19. The molecule has 0 saturated carbocycles. The van der Waals surface area contributed by atoms with Crippen LogP contribution >= 0.6 is 27.3 Å². The average molecular weight is 321 g/mol. The quantitative estimate of drug-likeness (QED) is 0.645. The Hall–Kier alpha value is 0.0600. The fourth-order valence-corrected chi connectivity index (χ4v) is 3.56. The summed E-state index contributed by atoms with van der Waals surface area (Å²) in [5.74, 6) is 5.72. The van der Waals surface area contributed by atoms with Crippen LogP contribution in [-0.4, -0.2) is 12.7 Å². The van der Waals surface area contributed by atoms with E-state index < -0.39 is 0 Å². The molecule has 0 bridgehead atoms. The number of hydrogen-bond acceptors (Lipinski definition) is 4. The number of hydrogen-bond donors (Lipinski definition) is 2. The molecule has 0 radical (unpaired) electrons. The van der Waals surface area contributed by atoms with Gasteiger partial charge in [0.15, 0.2) is 0 Å². The smallest absolute Gasteiger partial charge is 0.0839 e. The molecular formula is C12H21BrN2OS.